The summed E-state index contributed by atoms with van der Waals surface area (Å²) in [6.45, 7) is 4.77. The van der Waals surface area contributed by atoms with Crippen molar-refractivity contribution < 1.29 is 8.42 Å². The molecule has 0 bridgehead atoms. The molecule has 0 aliphatic rings. The number of nitrogens with one attached hydrogen (secondary N) is 2. The van der Waals surface area contributed by atoms with E-state index in [4.69, 9.17) is 0 Å². The van der Waals surface area contributed by atoms with E-state index < -0.39 is 10.0 Å². The molecular weight excluding hydrogens is 294 g/mol. The van der Waals surface area contributed by atoms with Crippen molar-refractivity contribution in [2.75, 3.05) is 4.72 Å². The molecule has 0 radical (unpaired) electrons. The molecule has 0 unspecified atom stereocenters. The Kier molecular flexibility index (Phi) is 4.74. The monoisotopic (exact) mass is 311 g/mol. The van der Waals surface area contributed by atoms with Crippen LogP contribution in [0, 0.1) is 0 Å². The highest BCUT2D eigenvalue weighted by Crippen LogP contribution is 2.23. The molecule has 0 aliphatic carbocycles. The highest BCUT2D eigenvalue weighted by Gasteiger charge is 2.17. The van der Waals surface area contributed by atoms with E-state index in [1.54, 1.807) is 30.5 Å². The quantitative estimate of drug-likeness (QED) is 0.859. The van der Waals surface area contributed by atoms with E-state index in [1.165, 1.54) is 11.3 Å². The SMILES string of the molecule is CC(C)NCc1ccc(S(=O)(=O)Nc2ccccn2)s1. The largest absolute Gasteiger partial charge is 0.310 e. The average Bonchev–Trinajstić information content (AvgIpc) is 2.86. The summed E-state index contributed by atoms with van der Waals surface area (Å²) in [5.74, 6) is 0.322. The van der Waals surface area contributed by atoms with Crippen LogP contribution in [0.4, 0.5) is 5.82 Å². The number of hydrogen-bond donors (Lipinski definition) is 2. The lowest BCUT2D eigenvalue weighted by Crippen LogP contribution is -2.21. The molecule has 2 heterocycles. The maximum atomic E-state index is 12.2. The van der Waals surface area contributed by atoms with Gasteiger partial charge in [0.15, 0.2) is 0 Å². The highest BCUT2D eigenvalue weighted by molar-refractivity contribution is 7.94. The number of anilines is 1. The van der Waals surface area contributed by atoms with Crippen molar-refractivity contribution in [3.8, 4) is 0 Å². The number of hydrogen-bond acceptors (Lipinski definition) is 5. The fourth-order valence-corrected chi connectivity index (χ4v) is 3.83. The van der Waals surface area contributed by atoms with Crippen LogP contribution in [0.3, 0.4) is 0 Å². The van der Waals surface area contributed by atoms with E-state index in [-0.39, 0.29) is 0 Å². The number of aromatic nitrogens is 1. The van der Waals surface area contributed by atoms with Gasteiger partial charge in [0.2, 0.25) is 0 Å². The maximum Gasteiger partial charge on any atom is 0.272 e. The number of pyridine rings is 1. The molecule has 5 nitrogen and oxygen atoms in total. The van der Waals surface area contributed by atoms with Crippen molar-refractivity contribution in [3.63, 3.8) is 0 Å². The predicted molar refractivity (Wildman–Crippen MR) is 81.3 cm³/mol. The molecule has 2 aromatic heterocycles. The molecular formula is C13H17N3O2S2. The Morgan fingerprint density at radius 3 is 2.70 bits per heavy atom. The van der Waals surface area contributed by atoms with Gasteiger partial charge in [-0.3, -0.25) is 4.72 Å². The van der Waals surface area contributed by atoms with Gasteiger partial charge in [-0.15, -0.1) is 11.3 Å². The highest BCUT2D eigenvalue weighted by atomic mass is 32.2. The summed E-state index contributed by atoms with van der Waals surface area (Å²) in [6.07, 6.45) is 1.55. The molecule has 0 fully saturated rings. The summed E-state index contributed by atoms with van der Waals surface area (Å²) in [5, 5.41) is 3.26. The van der Waals surface area contributed by atoms with E-state index in [0.29, 0.717) is 22.6 Å². The first-order valence-electron chi connectivity index (χ1n) is 6.23. The molecule has 0 saturated carbocycles. The van der Waals surface area contributed by atoms with Crippen LogP contribution in [0.1, 0.15) is 18.7 Å². The lowest BCUT2D eigenvalue weighted by atomic mass is 10.4. The lowest BCUT2D eigenvalue weighted by molar-refractivity contribution is 0.593. The Morgan fingerprint density at radius 2 is 2.05 bits per heavy atom. The minimum atomic E-state index is -3.55. The van der Waals surface area contributed by atoms with Crippen LogP contribution in [0.2, 0.25) is 0 Å². The van der Waals surface area contributed by atoms with Crippen LogP contribution in [0.5, 0.6) is 0 Å². The third-order valence-corrected chi connectivity index (χ3v) is 5.42. The Morgan fingerprint density at radius 1 is 1.25 bits per heavy atom. The van der Waals surface area contributed by atoms with Gasteiger partial charge in [-0.25, -0.2) is 13.4 Å². The summed E-state index contributed by atoms with van der Waals surface area (Å²) in [7, 11) is -3.55. The molecule has 20 heavy (non-hydrogen) atoms. The molecule has 108 valence electrons. The summed E-state index contributed by atoms with van der Waals surface area (Å²) in [4.78, 5) is 4.94. The van der Waals surface area contributed by atoms with Crippen LogP contribution in [-0.4, -0.2) is 19.4 Å². The van der Waals surface area contributed by atoms with Crippen LogP contribution in [0.25, 0.3) is 0 Å². The predicted octanol–water partition coefficient (Wildman–Crippen LogP) is 2.44. The van der Waals surface area contributed by atoms with Gasteiger partial charge in [0.25, 0.3) is 10.0 Å². The second-order valence-corrected chi connectivity index (χ2v) is 7.65. The Balaban J connectivity index is 2.10. The minimum absolute atomic E-state index is 0.295. The van der Waals surface area contributed by atoms with Gasteiger partial charge in [-0.1, -0.05) is 19.9 Å². The molecule has 0 spiro atoms. The summed E-state index contributed by atoms with van der Waals surface area (Å²) < 4.78 is 27.1. The maximum absolute atomic E-state index is 12.2. The molecule has 2 aromatic rings. The van der Waals surface area contributed by atoms with Gasteiger partial charge in [0.05, 0.1) is 0 Å². The smallest absolute Gasteiger partial charge is 0.272 e. The molecule has 2 N–H and O–H groups in total. The first kappa shape index (κ1) is 15.0. The number of thiophene rings is 1. The van der Waals surface area contributed by atoms with E-state index in [1.807, 2.05) is 19.9 Å². The molecule has 0 amide bonds. The van der Waals surface area contributed by atoms with Gasteiger partial charge in [-0.2, -0.15) is 0 Å². The summed E-state index contributed by atoms with van der Waals surface area (Å²) in [6, 6.07) is 8.89. The molecule has 2 rings (SSSR count). The van der Waals surface area contributed by atoms with Gasteiger partial charge in [0.1, 0.15) is 10.0 Å². The second-order valence-electron chi connectivity index (χ2n) is 4.58. The van der Waals surface area contributed by atoms with E-state index >= 15 is 0 Å². The lowest BCUT2D eigenvalue weighted by Gasteiger charge is -2.06. The van der Waals surface area contributed by atoms with Crippen molar-refractivity contribution in [3.05, 3.63) is 41.4 Å². The minimum Gasteiger partial charge on any atom is -0.310 e. The number of sulfonamides is 1. The van der Waals surface area contributed by atoms with E-state index in [0.717, 1.165) is 4.88 Å². The molecule has 0 saturated heterocycles. The van der Waals surface area contributed by atoms with Crippen LogP contribution in [0.15, 0.2) is 40.7 Å². The van der Waals surface area contributed by atoms with Crippen LogP contribution >= 0.6 is 11.3 Å². The normalized spacial score (nSPS) is 11.8. The van der Waals surface area contributed by atoms with Crippen molar-refractivity contribution >= 4 is 27.2 Å². The van der Waals surface area contributed by atoms with E-state index in [2.05, 4.69) is 15.0 Å². The first-order chi connectivity index (χ1) is 9.47. The average molecular weight is 311 g/mol. The van der Waals surface area contributed by atoms with Crippen molar-refractivity contribution in [1.82, 2.24) is 10.3 Å². The summed E-state index contributed by atoms with van der Waals surface area (Å²) >= 11 is 1.26. The fraction of sp³-hybridized carbons (Fsp3) is 0.308. The fourth-order valence-electron chi connectivity index (χ4n) is 1.51. The van der Waals surface area contributed by atoms with Crippen LogP contribution < -0.4 is 10.0 Å². The number of nitrogens with zero attached hydrogens (tertiary/aromatic N) is 1. The van der Waals surface area contributed by atoms with Gasteiger partial charge in [-0.05, 0) is 24.3 Å². The third kappa shape index (κ3) is 4.03. The standard InChI is InChI=1S/C13H17N3O2S2/c1-10(2)15-9-11-6-7-13(19-11)20(17,18)16-12-5-3-4-8-14-12/h3-8,10,15H,9H2,1-2H3,(H,14,16). The van der Waals surface area contributed by atoms with Gasteiger partial charge < -0.3 is 5.32 Å². The van der Waals surface area contributed by atoms with Crippen LogP contribution in [-0.2, 0) is 16.6 Å². The zero-order chi connectivity index (χ0) is 14.6. The Bertz CT molecular complexity index is 651. The van der Waals surface area contributed by atoms with Gasteiger partial charge in [0, 0.05) is 23.7 Å². The van der Waals surface area contributed by atoms with Crippen molar-refractivity contribution in [2.45, 2.75) is 30.6 Å². The molecule has 0 atom stereocenters. The topological polar surface area (TPSA) is 71.1 Å². The number of rotatable bonds is 6. The second kappa shape index (κ2) is 6.34. The van der Waals surface area contributed by atoms with Crippen molar-refractivity contribution in [2.24, 2.45) is 0 Å². The zero-order valence-electron chi connectivity index (χ0n) is 11.3. The molecule has 0 aromatic carbocycles. The zero-order valence-corrected chi connectivity index (χ0v) is 13.0. The first-order valence-corrected chi connectivity index (χ1v) is 8.53. The van der Waals surface area contributed by atoms with Crippen molar-refractivity contribution in [1.29, 1.82) is 0 Å². The van der Waals surface area contributed by atoms with E-state index in [9.17, 15) is 8.42 Å². The Labute approximate surface area is 123 Å². The molecule has 7 heteroatoms. The summed E-state index contributed by atoms with van der Waals surface area (Å²) in [5.41, 5.74) is 0. The third-order valence-electron chi connectivity index (χ3n) is 2.49. The molecule has 0 aliphatic heterocycles. The Hall–Kier alpha value is -1.44. The van der Waals surface area contributed by atoms with Gasteiger partial charge >= 0.3 is 0 Å².